The van der Waals surface area contributed by atoms with Crippen LogP contribution < -0.4 is 10.6 Å². The van der Waals surface area contributed by atoms with E-state index in [-0.39, 0.29) is 35.7 Å². The summed E-state index contributed by atoms with van der Waals surface area (Å²) in [5.74, 6) is 0.286. The molecule has 13 heteroatoms. The first-order chi connectivity index (χ1) is 25.0. The van der Waals surface area contributed by atoms with Crippen LogP contribution in [0.15, 0.2) is 54.7 Å². The zero-order chi connectivity index (χ0) is 37.1. The van der Waals surface area contributed by atoms with Crippen molar-refractivity contribution < 1.29 is 28.7 Å². The fraction of sp³-hybridized carbons (Fsp3) is 0.462. The van der Waals surface area contributed by atoms with Crippen LogP contribution in [0.25, 0.3) is 33.3 Å². The van der Waals surface area contributed by atoms with Gasteiger partial charge in [-0.05, 0) is 66.8 Å². The number of ether oxygens (including phenoxy) is 2. The average Bonchev–Trinajstić information content (AvgIpc) is 3.97. The van der Waals surface area contributed by atoms with E-state index >= 15 is 0 Å². The number of aromatic amines is 2. The SMILES string of the molecule is COC(=O)N[C@H](C(=O)N1CCC[C@H]1c1cc2cc(-c3ccc(-c4c[nH]c([C@@H]5CCCN5C(=O)[C@@H](NC(=O)OC)C(C)C)n4)cc3)ccc2[nH]1)C(C)C. The first-order valence-corrected chi connectivity index (χ1v) is 18.1. The number of fused-ring (bicyclic) bond motifs is 1. The van der Waals surface area contributed by atoms with Gasteiger partial charge >= 0.3 is 12.2 Å². The lowest BCUT2D eigenvalue weighted by molar-refractivity contribution is -0.136. The van der Waals surface area contributed by atoms with Gasteiger partial charge in [0.25, 0.3) is 0 Å². The van der Waals surface area contributed by atoms with Crippen molar-refractivity contribution in [1.29, 1.82) is 0 Å². The Hall–Kier alpha value is -5.33. The number of amides is 4. The summed E-state index contributed by atoms with van der Waals surface area (Å²) in [6, 6.07) is 15.0. The van der Waals surface area contributed by atoms with E-state index in [9.17, 15) is 19.2 Å². The largest absolute Gasteiger partial charge is 0.453 e. The molecule has 2 aliphatic rings. The highest BCUT2D eigenvalue weighted by molar-refractivity contribution is 5.89. The molecule has 4 heterocycles. The second-order valence-corrected chi connectivity index (χ2v) is 14.4. The van der Waals surface area contributed by atoms with E-state index in [0.29, 0.717) is 13.1 Å². The molecular formula is C39H49N7O6. The van der Waals surface area contributed by atoms with E-state index in [4.69, 9.17) is 14.5 Å². The Labute approximate surface area is 303 Å². The summed E-state index contributed by atoms with van der Waals surface area (Å²) in [5.41, 5.74) is 5.83. The van der Waals surface area contributed by atoms with Crippen LogP contribution in [0.1, 0.15) is 77.0 Å². The van der Waals surface area contributed by atoms with Crippen LogP contribution in [0.3, 0.4) is 0 Å². The third-order valence-corrected chi connectivity index (χ3v) is 10.3. The van der Waals surface area contributed by atoms with Crippen LogP contribution in [-0.4, -0.2) is 88.1 Å². The molecule has 0 spiro atoms. The van der Waals surface area contributed by atoms with E-state index in [0.717, 1.165) is 70.5 Å². The summed E-state index contributed by atoms with van der Waals surface area (Å²) < 4.78 is 9.52. The molecule has 2 aromatic carbocycles. The Kier molecular flexibility index (Phi) is 10.9. The quantitative estimate of drug-likeness (QED) is 0.150. The summed E-state index contributed by atoms with van der Waals surface area (Å²) in [6.45, 7) is 8.85. The minimum absolute atomic E-state index is 0.0891. The molecule has 0 unspecified atom stereocenters. The lowest BCUT2D eigenvalue weighted by atomic mass is 10.0. The van der Waals surface area contributed by atoms with Crippen molar-refractivity contribution in [3.8, 4) is 22.4 Å². The van der Waals surface area contributed by atoms with Crippen LogP contribution in [0, 0.1) is 11.8 Å². The summed E-state index contributed by atoms with van der Waals surface area (Å²) in [7, 11) is 2.59. The fourth-order valence-electron chi connectivity index (χ4n) is 7.43. The molecule has 4 N–H and O–H groups in total. The Morgan fingerprint density at radius 2 is 1.29 bits per heavy atom. The summed E-state index contributed by atoms with van der Waals surface area (Å²) in [6.07, 6.45) is 3.99. The molecule has 4 atom stereocenters. The topological polar surface area (TPSA) is 162 Å². The number of carbonyl (C=O) groups is 4. The van der Waals surface area contributed by atoms with Gasteiger partial charge in [-0.2, -0.15) is 0 Å². The number of rotatable bonds is 10. The van der Waals surface area contributed by atoms with Crippen molar-refractivity contribution in [3.63, 3.8) is 0 Å². The number of alkyl carbamates (subject to hydrolysis) is 2. The van der Waals surface area contributed by atoms with Gasteiger partial charge < -0.3 is 39.9 Å². The van der Waals surface area contributed by atoms with Gasteiger partial charge in [0.05, 0.1) is 32.0 Å². The van der Waals surface area contributed by atoms with Gasteiger partial charge in [-0.25, -0.2) is 14.6 Å². The third kappa shape index (κ3) is 7.49. The molecule has 2 aromatic heterocycles. The lowest BCUT2D eigenvalue weighted by Gasteiger charge is -2.30. The van der Waals surface area contributed by atoms with Crippen LogP contribution in [-0.2, 0) is 19.1 Å². The van der Waals surface area contributed by atoms with E-state index in [1.54, 1.807) is 0 Å². The molecular weight excluding hydrogens is 662 g/mol. The highest BCUT2D eigenvalue weighted by atomic mass is 16.5. The van der Waals surface area contributed by atoms with Crippen molar-refractivity contribution in [2.75, 3.05) is 27.3 Å². The van der Waals surface area contributed by atoms with Gasteiger partial charge in [0.2, 0.25) is 11.8 Å². The Bertz CT molecular complexity index is 1920. The molecule has 276 valence electrons. The Balaban J connectivity index is 1.16. The zero-order valence-electron chi connectivity index (χ0n) is 30.7. The predicted octanol–water partition coefficient (Wildman–Crippen LogP) is 6.31. The lowest BCUT2D eigenvalue weighted by Crippen LogP contribution is -2.51. The van der Waals surface area contributed by atoms with E-state index in [1.165, 1.54) is 14.2 Å². The number of benzene rings is 2. The van der Waals surface area contributed by atoms with Gasteiger partial charge in [-0.3, -0.25) is 9.59 Å². The maximum absolute atomic E-state index is 13.6. The van der Waals surface area contributed by atoms with Crippen LogP contribution >= 0.6 is 0 Å². The van der Waals surface area contributed by atoms with Crippen molar-refractivity contribution >= 4 is 34.9 Å². The minimum Gasteiger partial charge on any atom is -0.453 e. The number of methoxy groups -OCH3 is 2. The maximum atomic E-state index is 13.6. The summed E-state index contributed by atoms with van der Waals surface area (Å²) in [5, 5.41) is 6.46. The molecule has 0 radical (unpaired) electrons. The maximum Gasteiger partial charge on any atom is 0.407 e. The second kappa shape index (κ2) is 15.5. The van der Waals surface area contributed by atoms with Crippen LogP contribution in [0.2, 0.25) is 0 Å². The van der Waals surface area contributed by atoms with E-state index < -0.39 is 24.3 Å². The molecule has 2 fully saturated rings. The van der Waals surface area contributed by atoms with E-state index in [2.05, 4.69) is 57.0 Å². The molecule has 2 saturated heterocycles. The monoisotopic (exact) mass is 711 g/mol. The second-order valence-electron chi connectivity index (χ2n) is 14.4. The average molecular weight is 712 g/mol. The molecule has 2 aliphatic heterocycles. The first-order valence-electron chi connectivity index (χ1n) is 18.1. The number of nitrogens with one attached hydrogen (secondary N) is 4. The van der Waals surface area contributed by atoms with Crippen molar-refractivity contribution in [3.05, 3.63) is 66.2 Å². The summed E-state index contributed by atoms with van der Waals surface area (Å²) >= 11 is 0. The standard InChI is InChI=1S/C39H49N7O6/c1-22(2)33(43-38(49)51-5)36(47)45-17-7-9-31(45)29-20-27-19-26(15-16-28(27)41-29)24-11-13-25(14-12-24)30-21-40-35(42-30)32-10-8-18-46(32)37(48)34(23(3)4)44-39(50)52-6/h11-16,19-23,31-34,41H,7-10,17-18H2,1-6H3,(H,40,42)(H,43,49)(H,44,50)/t31-,32-,33-,34-/m0/s1. The number of hydrogen-bond acceptors (Lipinski definition) is 7. The fourth-order valence-corrected chi connectivity index (χ4v) is 7.43. The highest BCUT2D eigenvalue weighted by Crippen LogP contribution is 2.36. The van der Waals surface area contributed by atoms with Gasteiger partial charge in [-0.15, -0.1) is 0 Å². The molecule has 52 heavy (non-hydrogen) atoms. The number of likely N-dealkylation sites (tertiary alicyclic amines) is 2. The minimum atomic E-state index is -0.687. The molecule has 4 amide bonds. The Morgan fingerprint density at radius 3 is 1.87 bits per heavy atom. The molecule has 0 saturated carbocycles. The number of carbonyl (C=O) groups excluding carboxylic acids is 4. The molecule has 0 aliphatic carbocycles. The smallest absolute Gasteiger partial charge is 0.407 e. The summed E-state index contributed by atoms with van der Waals surface area (Å²) in [4.78, 5) is 66.5. The normalized spacial score (nSPS) is 18.5. The molecule has 6 rings (SSSR count). The zero-order valence-corrected chi connectivity index (χ0v) is 30.7. The number of aromatic nitrogens is 3. The molecule has 13 nitrogen and oxygen atoms in total. The number of hydrogen-bond donors (Lipinski definition) is 4. The molecule has 4 aromatic rings. The third-order valence-electron chi connectivity index (χ3n) is 10.3. The van der Waals surface area contributed by atoms with Crippen molar-refractivity contribution in [2.45, 2.75) is 77.5 Å². The number of H-pyrrole nitrogens is 2. The van der Waals surface area contributed by atoms with Crippen LogP contribution in [0.4, 0.5) is 9.59 Å². The van der Waals surface area contributed by atoms with Gasteiger partial charge in [0.1, 0.15) is 17.9 Å². The number of imidazole rings is 1. The van der Waals surface area contributed by atoms with E-state index in [1.807, 2.05) is 55.8 Å². The van der Waals surface area contributed by atoms with Gasteiger partial charge in [0.15, 0.2) is 0 Å². The predicted molar refractivity (Wildman–Crippen MR) is 197 cm³/mol. The van der Waals surface area contributed by atoms with Crippen molar-refractivity contribution in [1.82, 2.24) is 35.4 Å². The first kappa shape index (κ1) is 36.5. The number of nitrogens with zero attached hydrogens (tertiary/aromatic N) is 3. The van der Waals surface area contributed by atoms with Gasteiger partial charge in [0, 0.05) is 41.4 Å². The van der Waals surface area contributed by atoms with Gasteiger partial charge in [-0.1, -0.05) is 58.0 Å². The molecule has 0 bridgehead atoms. The van der Waals surface area contributed by atoms with Crippen molar-refractivity contribution in [2.24, 2.45) is 11.8 Å². The van der Waals surface area contributed by atoms with Crippen LogP contribution in [0.5, 0.6) is 0 Å². The Morgan fingerprint density at radius 1 is 0.750 bits per heavy atom. The highest BCUT2D eigenvalue weighted by Gasteiger charge is 2.38.